The van der Waals surface area contributed by atoms with Gasteiger partial charge in [0, 0.05) is 11.8 Å². The highest BCUT2D eigenvalue weighted by atomic mass is 16.5. The molecular formula is C18H17N5O3. The molecule has 0 saturated carbocycles. The van der Waals surface area contributed by atoms with Gasteiger partial charge in [-0.2, -0.15) is 4.68 Å². The van der Waals surface area contributed by atoms with E-state index in [0.717, 1.165) is 28.2 Å². The third-order valence-electron chi connectivity index (χ3n) is 4.03. The number of hydrogen-bond acceptors (Lipinski definition) is 7. The number of fused-ring (bicyclic) bond motifs is 1. The topological polar surface area (TPSA) is 99.0 Å². The summed E-state index contributed by atoms with van der Waals surface area (Å²) in [4.78, 5) is 17.2. The van der Waals surface area contributed by atoms with E-state index in [9.17, 15) is 4.79 Å². The van der Waals surface area contributed by atoms with Crippen LogP contribution in [0.15, 0.2) is 39.4 Å². The molecule has 0 unspecified atom stereocenters. The number of nitrogens with one attached hydrogen (secondary N) is 1. The highest BCUT2D eigenvalue weighted by molar-refractivity contribution is 6.02. The molecule has 0 fully saturated rings. The summed E-state index contributed by atoms with van der Waals surface area (Å²) in [6, 6.07) is 7.25. The predicted octanol–water partition coefficient (Wildman–Crippen LogP) is 3.24. The number of nitrogens with zero attached hydrogens (tertiary/aromatic N) is 4. The summed E-state index contributed by atoms with van der Waals surface area (Å²) >= 11 is 0. The van der Waals surface area contributed by atoms with Crippen LogP contribution >= 0.6 is 0 Å². The van der Waals surface area contributed by atoms with E-state index < -0.39 is 5.91 Å². The average Bonchev–Trinajstić information content (AvgIpc) is 3.32. The van der Waals surface area contributed by atoms with Crippen LogP contribution in [-0.4, -0.2) is 25.8 Å². The van der Waals surface area contributed by atoms with Crippen molar-refractivity contribution in [1.82, 2.24) is 19.9 Å². The van der Waals surface area contributed by atoms with Crippen LogP contribution in [-0.2, 0) is 6.54 Å². The second-order valence-electron chi connectivity index (χ2n) is 6.09. The Labute approximate surface area is 148 Å². The van der Waals surface area contributed by atoms with E-state index in [4.69, 9.17) is 8.94 Å². The van der Waals surface area contributed by atoms with Crippen molar-refractivity contribution in [2.45, 2.75) is 27.3 Å². The summed E-state index contributed by atoms with van der Waals surface area (Å²) in [6.07, 6.45) is 1.42. The Balaban J connectivity index is 1.78. The minimum Gasteiger partial charge on any atom is -0.465 e. The molecule has 0 aromatic carbocycles. The second-order valence-corrected chi connectivity index (χ2v) is 6.09. The SMILES string of the molecule is Cc1cc(C)c2c(NCc3ccc(C)o3)nn(C(=O)c3ccno3)c2n1. The van der Waals surface area contributed by atoms with E-state index in [1.165, 1.54) is 16.9 Å². The molecule has 0 atom stereocenters. The van der Waals surface area contributed by atoms with E-state index >= 15 is 0 Å². The van der Waals surface area contributed by atoms with Gasteiger partial charge in [0.25, 0.3) is 0 Å². The van der Waals surface area contributed by atoms with Crippen LogP contribution in [0.4, 0.5) is 5.82 Å². The molecule has 4 heterocycles. The summed E-state index contributed by atoms with van der Waals surface area (Å²) < 4.78 is 11.8. The number of aryl methyl sites for hydroxylation is 3. The van der Waals surface area contributed by atoms with Gasteiger partial charge in [0.2, 0.25) is 5.76 Å². The summed E-state index contributed by atoms with van der Waals surface area (Å²) in [7, 11) is 0. The normalized spacial score (nSPS) is 11.2. The molecule has 8 heteroatoms. The third kappa shape index (κ3) is 2.75. The Morgan fingerprint density at radius 1 is 1.23 bits per heavy atom. The van der Waals surface area contributed by atoms with Crippen LogP contribution in [0, 0.1) is 20.8 Å². The van der Waals surface area contributed by atoms with Crippen molar-refractivity contribution in [2.24, 2.45) is 0 Å². The molecule has 8 nitrogen and oxygen atoms in total. The number of rotatable bonds is 4. The van der Waals surface area contributed by atoms with Crippen molar-refractivity contribution in [3.8, 4) is 0 Å². The minimum absolute atomic E-state index is 0.101. The van der Waals surface area contributed by atoms with Gasteiger partial charge < -0.3 is 14.3 Å². The molecule has 0 amide bonds. The van der Waals surface area contributed by atoms with Crippen LogP contribution in [0.3, 0.4) is 0 Å². The average molecular weight is 351 g/mol. The fraction of sp³-hybridized carbons (Fsp3) is 0.222. The first-order valence-electron chi connectivity index (χ1n) is 8.14. The highest BCUT2D eigenvalue weighted by Crippen LogP contribution is 2.27. The molecule has 26 heavy (non-hydrogen) atoms. The van der Waals surface area contributed by atoms with E-state index in [-0.39, 0.29) is 5.76 Å². The zero-order chi connectivity index (χ0) is 18.3. The number of anilines is 1. The molecule has 4 aromatic rings. The Kier molecular flexibility index (Phi) is 3.80. The Morgan fingerprint density at radius 2 is 2.08 bits per heavy atom. The monoisotopic (exact) mass is 351 g/mol. The molecule has 0 spiro atoms. The number of carbonyl (C=O) groups is 1. The predicted molar refractivity (Wildman–Crippen MR) is 94.0 cm³/mol. The second kappa shape index (κ2) is 6.14. The van der Waals surface area contributed by atoms with Crippen LogP contribution < -0.4 is 5.32 Å². The molecule has 0 aliphatic carbocycles. The van der Waals surface area contributed by atoms with Gasteiger partial charge in [-0.3, -0.25) is 4.79 Å². The summed E-state index contributed by atoms with van der Waals surface area (Å²) in [5, 5.41) is 12.0. The molecule has 0 bridgehead atoms. The largest absolute Gasteiger partial charge is 0.465 e. The molecular weight excluding hydrogens is 334 g/mol. The quantitative estimate of drug-likeness (QED) is 0.602. The Morgan fingerprint density at radius 3 is 2.77 bits per heavy atom. The standard InChI is InChI=1S/C18H17N5O3/c1-10-8-11(2)21-17-15(10)16(19-9-13-5-4-12(3)25-13)22-23(17)18(24)14-6-7-20-26-14/h4-8H,9H2,1-3H3,(H,19,22). The summed E-state index contributed by atoms with van der Waals surface area (Å²) in [5.41, 5.74) is 2.25. The zero-order valence-corrected chi connectivity index (χ0v) is 14.6. The van der Waals surface area contributed by atoms with Gasteiger partial charge in [-0.05, 0) is 44.5 Å². The number of carbonyl (C=O) groups excluding carboxylic acids is 1. The van der Waals surface area contributed by atoms with Gasteiger partial charge in [-0.25, -0.2) is 4.98 Å². The van der Waals surface area contributed by atoms with Gasteiger partial charge >= 0.3 is 5.91 Å². The van der Waals surface area contributed by atoms with Crippen molar-refractivity contribution >= 4 is 22.8 Å². The molecule has 4 rings (SSSR count). The first-order valence-corrected chi connectivity index (χ1v) is 8.14. The molecule has 0 radical (unpaired) electrons. The fourth-order valence-electron chi connectivity index (χ4n) is 2.91. The van der Waals surface area contributed by atoms with Gasteiger partial charge in [0.05, 0.1) is 18.1 Å². The lowest BCUT2D eigenvalue weighted by Crippen LogP contribution is -2.14. The highest BCUT2D eigenvalue weighted by Gasteiger charge is 2.22. The van der Waals surface area contributed by atoms with Crippen LogP contribution in [0.2, 0.25) is 0 Å². The first kappa shape index (κ1) is 16.1. The smallest absolute Gasteiger partial charge is 0.318 e. The Bertz CT molecular complexity index is 1090. The maximum atomic E-state index is 12.7. The van der Waals surface area contributed by atoms with Gasteiger partial charge in [0.1, 0.15) is 11.5 Å². The van der Waals surface area contributed by atoms with Gasteiger partial charge in [-0.1, -0.05) is 5.16 Å². The van der Waals surface area contributed by atoms with Crippen molar-refractivity contribution < 1.29 is 13.7 Å². The zero-order valence-electron chi connectivity index (χ0n) is 14.6. The van der Waals surface area contributed by atoms with Gasteiger partial charge in [-0.15, -0.1) is 5.10 Å². The van der Waals surface area contributed by atoms with Crippen LogP contribution in [0.25, 0.3) is 11.0 Å². The molecule has 1 N–H and O–H groups in total. The maximum Gasteiger partial charge on any atom is 0.318 e. The Hall–Kier alpha value is -3.42. The molecule has 4 aromatic heterocycles. The maximum absolute atomic E-state index is 12.7. The van der Waals surface area contributed by atoms with Crippen LogP contribution in [0.5, 0.6) is 0 Å². The number of furan rings is 1. The first-order chi connectivity index (χ1) is 12.5. The van der Waals surface area contributed by atoms with E-state index in [0.29, 0.717) is 18.0 Å². The van der Waals surface area contributed by atoms with Gasteiger partial charge in [0.15, 0.2) is 11.5 Å². The lowest BCUT2D eigenvalue weighted by Gasteiger charge is -2.03. The molecule has 0 saturated heterocycles. The molecule has 0 aliphatic heterocycles. The molecule has 132 valence electrons. The number of aromatic nitrogens is 4. The van der Waals surface area contributed by atoms with Crippen molar-refractivity contribution in [3.63, 3.8) is 0 Å². The number of pyridine rings is 1. The summed E-state index contributed by atoms with van der Waals surface area (Å²) in [5.74, 6) is 1.86. The van der Waals surface area contributed by atoms with E-state index in [1.807, 2.05) is 39.0 Å². The van der Waals surface area contributed by atoms with Crippen LogP contribution in [0.1, 0.15) is 33.3 Å². The third-order valence-corrected chi connectivity index (χ3v) is 4.03. The van der Waals surface area contributed by atoms with Crippen molar-refractivity contribution in [1.29, 1.82) is 0 Å². The lowest BCUT2D eigenvalue weighted by atomic mass is 10.2. The molecule has 0 aliphatic rings. The van der Waals surface area contributed by atoms with E-state index in [2.05, 4.69) is 20.6 Å². The number of hydrogen-bond donors (Lipinski definition) is 1. The fourth-order valence-corrected chi connectivity index (χ4v) is 2.91. The summed E-state index contributed by atoms with van der Waals surface area (Å²) in [6.45, 7) is 6.18. The van der Waals surface area contributed by atoms with E-state index in [1.54, 1.807) is 0 Å². The minimum atomic E-state index is -0.424. The van der Waals surface area contributed by atoms with Crippen molar-refractivity contribution in [3.05, 3.63) is 59.0 Å². The van der Waals surface area contributed by atoms with Crippen molar-refractivity contribution in [2.75, 3.05) is 5.32 Å². The lowest BCUT2D eigenvalue weighted by molar-refractivity contribution is 0.0913.